The highest BCUT2D eigenvalue weighted by molar-refractivity contribution is 4.87. The Labute approximate surface area is 69.1 Å². The molecule has 1 aliphatic heterocycles. The maximum absolute atomic E-state index is 5.75. The molecule has 2 heteroatoms. The molecule has 0 aromatic carbocycles. The normalized spacial score (nSPS) is 32.7. The van der Waals surface area contributed by atoms with Crippen LogP contribution in [0, 0.1) is 5.92 Å². The molecule has 0 aliphatic carbocycles. The lowest BCUT2D eigenvalue weighted by Gasteiger charge is -2.39. The van der Waals surface area contributed by atoms with E-state index in [1.165, 1.54) is 12.8 Å². The fourth-order valence-electron chi connectivity index (χ4n) is 1.73. The molecule has 0 aromatic heterocycles. The topological polar surface area (TPSA) is 35.2 Å². The minimum atomic E-state index is -0.00174. The second-order valence-corrected chi connectivity index (χ2v) is 3.73. The van der Waals surface area contributed by atoms with Crippen molar-refractivity contribution in [2.45, 2.75) is 38.7 Å². The first-order chi connectivity index (χ1) is 5.21. The summed E-state index contributed by atoms with van der Waals surface area (Å²) in [5.74, 6) is 0.549. The highest BCUT2D eigenvalue weighted by Gasteiger charge is 2.34. The number of ether oxygens (including phenoxy) is 1. The Morgan fingerprint density at radius 2 is 2.18 bits per heavy atom. The molecule has 1 heterocycles. The standard InChI is InChI=1S/C9H19NO/c1-8(2)9(7-10)5-3-4-6-11-9/h8H,3-7,10H2,1-2H3. The van der Waals surface area contributed by atoms with Gasteiger partial charge in [0.2, 0.25) is 0 Å². The van der Waals surface area contributed by atoms with Crippen LogP contribution in [-0.2, 0) is 4.74 Å². The third kappa shape index (κ3) is 1.74. The summed E-state index contributed by atoms with van der Waals surface area (Å²) in [6.07, 6.45) is 3.62. The molecule has 0 saturated carbocycles. The molecule has 1 fully saturated rings. The highest BCUT2D eigenvalue weighted by Crippen LogP contribution is 2.30. The molecule has 0 bridgehead atoms. The Bertz CT molecular complexity index is 117. The SMILES string of the molecule is CC(C)C1(CN)CCCCO1. The van der Waals surface area contributed by atoms with Crippen LogP contribution in [0.2, 0.25) is 0 Å². The van der Waals surface area contributed by atoms with Crippen LogP contribution >= 0.6 is 0 Å². The van der Waals surface area contributed by atoms with Crippen LogP contribution in [0.3, 0.4) is 0 Å². The second kappa shape index (κ2) is 3.55. The van der Waals surface area contributed by atoms with Crippen molar-refractivity contribution in [3.05, 3.63) is 0 Å². The fraction of sp³-hybridized carbons (Fsp3) is 1.00. The van der Waals surface area contributed by atoms with Crippen LogP contribution in [0.25, 0.3) is 0 Å². The van der Waals surface area contributed by atoms with Crippen LogP contribution in [0.1, 0.15) is 33.1 Å². The number of hydrogen-bond donors (Lipinski definition) is 1. The van der Waals surface area contributed by atoms with Gasteiger partial charge in [0.05, 0.1) is 5.60 Å². The molecule has 1 aliphatic rings. The van der Waals surface area contributed by atoms with Crippen LogP contribution in [0.5, 0.6) is 0 Å². The summed E-state index contributed by atoms with van der Waals surface area (Å²) in [6.45, 7) is 5.95. The van der Waals surface area contributed by atoms with E-state index in [9.17, 15) is 0 Å². The van der Waals surface area contributed by atoms with E-state index in [1.807, 2.05) is 0 Å². The highest BCUT2D eigenvalue weighted by atomic mass is 16.5. The van der Waals surface area contributed by atoms with Crippen LogP contribution in [0.15, 0.2) is 0 Å². The summed E-state index contributed by atoms with van der Waals surface area (Å²) < 4.78 is 5.75. The molecule has 0 aromatic rings. The minimum Gasteiger partial charge on any atom is -0.373 e. The van der Waals surface area contributed by atoms with Crippen molar-refractivity contribution >= 4 is 0 Å². The first-order valence-corrected chi connectivity index (χ1v) is 4.55. The van der Waals surface area contributed by atoms with Crippen molar-refractivity contribution in [3.8, 4) is 0 Å². The van der Waals surface area contributed by atoms with Gasteiger partial charge in [0.15, 0.2) is 0 Å². The molecule has 11 heavy (non-hydrogen) atoms. The quantitative estimate of drug-likeness (QED) is 0.660. The van der Waals surface area contributed by atoms with Crippen molar-refractivity contribution in [2.24, 2.45) is 11.7 Å². The third-order valence-electron chi connectivity index (χ3n) is 2.78. The van der Waals surface area contributed by atoms with Gasteiger partial charge >= 0.3 is 0 Å². The van der Waals surface area contributed by atoms with Crippen LogP contribution in [-0.4, -0.2) is 18.8 Å². The van der Waals surface area contributed by atoms with E-state index >= 15 is 0 Å². The molecule has 1 unspecified atom stereocenters. The lowest BCUT2D eigenvalue weighted by atomic mass is 9.83. The van der Waals surface area contributed by atoms with Gasteiger partial charge < -0.3 is 10.5 Å². The zero-order chi connectivity index (χ0) is 8.32. The molecule has 1 saturated heterocycles. The lowest BCUT2D eigenvalue weighted by molar-refractivity contribution is -0.101. The van der Waals surface area contributed by atoms with E-state index in [1.54, 1.807) is 0 Å². The molecule has 0 spiro atoms. The average molecular weight is 157 g/mol. The Morgan fingerprint density at radius 1 is 1.45 bits per heavy atom. The summed E-state index contributed by atoms with van der Waals surface area (Å²) >= 11 is 0. The van der Waals surface area contributed by atoms with E-state index in [4.69, 9.17) is 10.5 Å². The smallest absolute Gasteiger partial charge is 0.0826 e. The zero-order valence-corrected chi connectivity index (χ0v) is 7.60. The maximum atomic E-state index is 5.75. The Balaban J connectivity index is 2.57. The first-order valence-electron chi connectivity index (χ1n) is 4.55. The summed E-state index contributed by atoms with van der Waals surface area (Å²) in [5.41, 5.74) is 5.71. The largest absolute Gasteiger partial charge is 0.373 e. The first kappa shape index (κ1) is 9.01. The van der Waals surface area contributed by atoms with Crippen molar-refractivity contribution in [1.29, 1.82) is 0 Å². The monoisotopic (exact) mass is 157 g/mol. The van der Waals surface area contributed by atoms with Gasteiger partial charge in [0.25, 0.3) is 0 Å². The number of rotatable bonds is 2. The van der Waals surface area contributed by atoms with E-state index in [0.29, 0.717) is 12.5 Å². The van der Waals surface area contributed by atoms with Crippen molar-refractivity contribution in [1.82, 2.24) is 0 Å². The van der Waals surface area contributed by atoms with Crippen molar-refractivity contribution in [2.75, 3.05) is 13.2 Å². The lowest BCUT2D eigenvalue weighted by Crippen LogP contribution is -2.47. The number of nitrogens with two attached hydrogens (primary N) is 1. The Morgan fingerprint density at radius 3 is 2.45 bits per heavy atom. The molecule has 2 nitrogen and oxygen atoms in total. The van der Waals surface area contributed by atoms with Crippen molar-refractivity contribution in [3.63, 3.8) is 0 Å². The van der Waals surface area contributed by atoms with Gasteiger partial charge in [-0.2, -0.15) is 0 Å². The minimum absolute atomic E-state index is 0.00174. The van der Waals surface area contributed by atoms with Gasteiger partial charge in [-0.25, -0.2) is 0 Å². The van der Waals surface area contributed by atoms with Crippen LogP contribution < -0.4 is 5.73 Å². The molecular weight excluding hydrogens is 138 g/mol. The molecule has 0 radical (unpaired) electrons. The predicted molar refractivity (Wildman–Crippen MR) is 46.4 cm³/mol. The third-order valence-corrected chi connectivity index (χ3v) is 2.78. The summed E-state index contributed by atoms with van der Waals surface area (Å²) in [7, 11) is 0. The van der Waals surface area contributed by atoms with Crippen LogP contribution in [0.4, 0.5) is 0 Å². The van der Waals surface area contributed by atoms with E-state index in [-0.39, 0.29) is 5.60 Å². The molecule has 1 atom stereocenters. The summed E-state index contributed by atoms with van der Waals surface area (Å²) in [5, 5.41) is 0. The molecule has 66 valence electrons. The maximum Gasteiger partial charge on any atom is 0.0826 e. The average Bonchev–Trinajstić information content (AvgIpc) is 2.05. The molecule has 1 rings (SSSR count). The zero-order valence-electron chi connectivity index (χ0n) is 7.60. The predicted octanol–water partition coefficient (Wildman–Crippen LogP) is 1.54. The van der Waals surface area contributed by atoms with E-state index < -0.39 is 0 Å². The molecule has 2 N–H and O–H groups in total. The summed E-state index contributed by atoms with van der Waals surface area (Å²) in [6, 6.07) is 0. The van der Waals surface area contributed by atoms with Gasteiger partial charge in [-0.1, -0.05) is 13.8 Å². The summed E-state index contributed by atoms with van der Waals surface area (Å²) in [4.78, 5) is 0. The van der Waals surface area contributed by atoms with Gasteiger partial charge in [-0.05, 0) is 25.2 Å². The molecular formula is C9H19NO. The fourth-order valence-corrected chi connectivity index (χ4v) is 1.73. The molecule has 0 amide bonds. The van der Waals surface area contributed by atoms with Gasteiger partial charge in [0.1, 0.15) is 0 Å². The van der Waals surface area contributed by atoms with Gasteiger partial charge in [-0.3, -0.25) is 0 Å². The van der Waals surface area contributed by atoms with E-state index in [0.717, 1.165) is 13.0 Å². The second-order valence-electron chi connectivity index (χ2n) is 3.73. The van der Waals surface area contributed by atoms with E-state index in [2.05, 4.69) is 13.8 Å². The Hall–Kier alpha value is -0.0800. The van der Waals surface area contributed by atoms with Crippen molar-refractivity contribution < 1.29 is 4.74 Å². The van der Waals surface area contributed by atoms with Gasteiger partial charge in [0, 0.05) is 13.2 Å². The van der Waals surface area contributed by atoms with Gasteiger partial charge in [-0.15, -0.1) is 0 Å². The number of hydrogen-bond acceptors (Lipinski definition) is 2. The Kier molecular flexibility index (Phi) is 2.90.